The van der Waals surface area contributed by atoms with Gasteiger partial charge >= 0.3 is 0 Å². The van der Waals surface area contributed by atoms with Crippen LogP contribution in [0.15, 0.2) is 46.6 Å². The first kappa shape index (κ1) is 14.3. The Morgan fingerprint density at radius 2 is 2.25 bits per heavy atom. The smallest absolute Gasteiger partial charge is 0.277 e. The third-order valence-electron chi connectivity index (χ3n) is 2.55. The Hall–Kier alpha value is -2.08. The summed E-state index contributed by atoms with van der Waals surface area (Å²) in [6.07, 6.45) is 1.63. The van der Waals surface area contributed by atoms with E-state index in [1.54, 1.807) is 6.08 Å². The molecule has 0 saturated carbocycles. The van der Waals surface area contributed by atoms with Gasteiger partial charge in [0.15, 0.2) is 0 Å². The topological polar surface area (TPSA) is 68.0 Å². The number of hydrogen-bond acceptors (Lipinski definition) is 5. The number of amides is 1. The maximum absolute atomic E-state index is 11.4. The van der Waals surface area contributed by atoms with Gasteiger partial charge in [-0.25, -0.2) is 0 Å². The first-order valence-corrected chi connectivity index (χ1v) is 7.09. The highest BCUT2D eigenvalue weighted by Crippen LogP contribution is 2.25. The van der Waals surface area contributed by atoms with Crippen molar-refractivity contribution in [2.45, 2.75) is 12.1 Å². The lowest BCUT2D eigenvalue weighted by molar-refractivity contribution is -0.118. The van der Waals surface area contributed by atoms with E-state index in [0.29, 0.717) is 17.7 Å². The molecule has 104 valence electrons. The molecule has 20 heavy (non-hydrogen) atoms. The average Bonchev–Trinajstić information content (AvgIpc) is 2.92. The van der Waals surface area contributed by atoms with Crippen molar-refractivity contribution in [3.8, 4) is 11.5 Å². The van der Waals surface area contributed by atoms with Gasteiger partial charge in [-0.1, -0.05) is 36.0 Å². The molecular weight excluding hydrogens is 274 g/mol. The first-order valence-electron chi connectivity index (χ1n) is 6.10. The normalized spacial score (nSPS) is 10.2. The molecule has 2 rings (SSSR count). The molecule has 0 radical (unpaired) electrons. The zero-order valence-corrected chi connectivity index (χ0v) is 11.9. The number of benzene rings is 1. The summed E-state index contributed by atoms with van der Waals surface area (Å²) in [6, 6.07) is 7.78. The minimum Gasteiger partial charge on any atom is -0.411 e. The second kappa shape index (κ2) is 6.91. The van der Waals surface area contributed by atoms with Crippen LogP contribution in [0.1, 0.15) is 5.56 Å². The number of aromatic nitrogens is 2. The average molecular weight is 289 g/mol. The van der Waals surface area contributed by atoms with Crippen LogP contribution in [0.3, 0.4) is 0 Å². The van der Waals surface area contributed by atoms with Crippen molar-refractivity contribution in [3.63, 3.8) is 0 Å². The maximum Gasteiger partial charge on any atom is 0.277 e. The molecule has 0 atom stereocenters. The van der Waals surface area contributed by atoms with E-state index in [-0.39, 0.29) is 11.7 Å². The highest BCUT2D eigenvalue weighted by Gasteiger charge is 2.12. The molecule has 0 aliphatic heterocycles. The Morgan fingerprint density at radius 1 is 1.45 bits per heavy atom. The molecule has 6 heteroatoms. The van der Waals surface area contributed by atoms with E-state index in [1.165, 1.54) is 11.8 Å². The summed E-state index contributed by atoms with van der Waals surface area (Å²) in [5.41, 5.74) is 1.97. The van der Waals surface area contributed by atoms with Crippen LogP contribution in [0.25, 0.3) is 11.5 Å². The Balaban J connectivity index is 1.98. The number of nitrogens with one attached hydrogen (secondary N) is 1. The van der Waals surface area contributed by atoms with E-state index in [2.05, 4.69) is 22.1 Å². The van der Waals surface area contributed by atoms with Crippen LogP contribution in [0, 0.1) is 6.92 Å². The van der Waals surface area contributed by atoms with Gasteiger partial charge in [-0.3, -0.25) is 4.79 Å². The molecule has 1 amide bonds. The molecule has 5 nitrogen and oxygen atoms in total. The Bertz CT molecular complexity index is 610. The number of carbonyl (C=O) groups excluding carboxylic acids is 1. The molecule has 0 unspecified atom stereocenters. The second-order valence-corrected chi connectivity index (χ2v) is 5.00. The number of nitrogens with zero attached hydrogens (tertiary/aromatic N) is 2. The predicted molar refractivity (Wildman–Crippen MR) is 78.4 cm³/mol. The number of thioether (sulfide) groups is 1. The summed E-state index contributed by atoms with van der Waals surface area (Å²) in [5.74, 6) is 0.617. The zero-order chi connectivity index (χ0) is 14.4. The van der Waals surface area contributed by atoms with Gasteiger partial charge in [0.2, 0.25) is 11.8 Å². The third-order valence-corrected chi connectivity index (χ3v) is 3.37. The molecule has 0 saturated heterocycles. The standard InChI is InChI=1S/C14H15N3O2S/c1-3-8-15-12(18)9-20-14-17-16-13(19-14)11-7-5-4-6-10(11)2/h3-7H,1,8-9H2,2H3,(H,15,18). The monoisotopic (exact) mass is 289 g/mol. The largest absolute Gasteiger partial charge is 0.411 e. The maximum atomic E-state index is 11.4. The first-order chi connectivity index (χ1) is 9.70. The van der Waals surface area contributed by atoms with Crippen LogP contribution in [-0.4, -0.2) is 28.4 Å². The summed E-state index contributed by atoms with van der Waals surface area (Å²) >= 11 is 1.21. The predicted octanol–water partition coefficient (Wildman–Crippen LogP) is 2.44. The summed E-state index contributed by atoms with van der Waals surface area (Å²) in [4.78, 5) is 11.4. The minimum absolute atomic E-state index is 0.0921. The minimum atomic E-state index is -0.0921. The summed E-state index contributed by atoms with van der Waals surface area (Å²) in [6.45, 7) is 5.97. The van der Waals surface area contributed by atoms with Gasteiger partial charge < -0.3 is 9.73 Å². The zero-order valence-electron chi connectivity index (χ0n) is 11.1. The van der Waals surface area contributed by atoms with Crippen molar-refractivity contribution >= 4 is 17.7 Å². The van der Waals surface area contributed by atoms with Gasteiger partial charge in [-0.2, -0.15) is 0 Å². The fourth-order valence-electron chi connectivity index (χ4n) is 1.55. The molecular formula is C14H15N3O2S. The molecule has 0 aliphatic rings. The second-order valence-electron chi connectivity index (χ2n) is 4.07. The number of rotatable bonds is 6. The molecule has 1 heterocycles. The Labute approximate surface area is 121 Å². The molecule has 1 aromatic carbocycles. The SMILES string of the molecule is C=CCNC(=O)CSc1nnc(-c2ccccc2C)o1. The molecule has 2 aromatic rings. The molecule has 0 bridgehead atoms. The number of aryl methyl sites for hydroxylation is 1. The van der Waals surface area contributed by atoms with E-state index in [9.17, 15) is 4.79 Å². The van der Waals surface area contributed by atoms with Gasteiger partial charge in [-0.05, 0) is 18.6 Å². The fraction of sp³-hybridized carbons (Fsp3) is 0.214. The van der Waals surface area contributed by atoms with E-state index < -0.39 is 0 Å². The van der Waals surface area contributed by atoms with E-state index in [0.717, 1.165) is 11.1 Å². The fourth-order valence-corrected chi connectivity index (χ4v) is 2.15. The molecule has 0 aliphatic carbocycles. The van der Waals surface area contributed by atoms with Crippen LogP contribution in [0.2, 0.25) is 0 Å². The van der Waals surface area contributed by atoms with E-state index in [4.69, 9.17) is 4.42 Å². The van der Waals surface area contributed by atoms with Crippen LogP contribution < -0.4 is 5.32 Å². The molecule has 0 spiro atoms. The van der Waals surface area contributed by atoms with Gasteiger partial charge in [0.25, 0.3) is 5.22 Å². The molecule has 1 aromatic heterocycles. The van der Waals surface area contributed by atoms with E-state index in [1.807, 2.05) is 31.2 Å². The van der Waals surface area contributed by atoms with Crippen molar-refractivity contribution < 1.29 is 9.21 Å². The summed E-state index contributed by atoms with van der Waals surface area (Å²) < 4.78 is 5.55. The number of hydrogen-bond donors (Lipinski definition) is 1. The van der Waals surface area contributed by atoms with Crippen LogP contribution in [0.4, 0.5) is 0 Å². The van der Waals surface area contributed by atoms with E-state index >= 15 is 0 Å². The molecule has 0 fully saturated rings. The van der Waals surface area contributed by atoms with Crippen LogP contribution in [0.5, 0.6) is 0 Å². The Kier molecular flexibility index (Phi) is 4.95. The quantitative estimate of drug-likeness (QED) is 0.653. The van der Waals surface area contributed by atoms with Crippen molar-refractivity contribution in [1.82, 2.24) is 15.5 Å². The lowest BCUT2D eigenvalue weighted by Gasteiger charge is -1.99. The van der Waals surface area contributed by atoms with Gasteiger partial charge in [-0.15, -0.1) is 16.8 Å². The van der Waals surface area contributed by atoms with Crippen molar-refractivity contribution in [2.75, 3.05) is 12.3 Å². The summed E-state index contributed by atoms with van der Waals surface area (Å²) in [7, 11) is 0. The third kappa shape index (κ3) is 3.71. The van der Waals surface area contributed by atoms with Gasteiger partial charge in [0, 0.05) is 12.1 Å². The van der Waals surface area contributed by atoms with Gasteiger partial charge in [0.05, 0.1) is 5.75 Å². The Morgan fingerprint density at radius 3 is 3.00 bits per heavy atom. The van der Waals surface area contributed by atoms with Crippen molar-refractivity contribution in [1.29, 1.82) is 0 Å². The lowest BCUT2D eigenvalue weighted by atomic mass is 10.1. The van der Waals surface area contributed by atoms with Crippen molar-refractivity contribution in [3.05, 3.63) is 42.5 Å². The highest BCUT2D eigenvalue weighted by molar-refractivity contribution is 7.99. The lowest BCUT2D eigenvalue weighted by Crippen LogP contribution is -2.24. The van der Waals surface area contributed by atoms with Gasteiger partial charge in [0.1, 0.15) is 0 Å². The summed E-state index contributed by atoms with van der Waals surface area (Å²) in [5, 5.41) is 11.0. The number of carbonyl (C=O) groups is 1. The molecule has 1 N–H and O–H groups in total. The highest BCUT2D eigenvalue weighted by atomic mass is 32.2. The van der Waals surface area contributed by atoms with Crippen molar-refractivity contribution in [2.24, 2.45) is 0 Å². The van der Waals surface area contributed by atoms with Crippen LogP contribution >= 0.6 is 11.8 Å². The van der Waals surface area contributed by atoms with Crippen LogP contribution in [-0.2, 0) is 4.79 Å².